The van der Waals surface area contributed by atoms with E-state index in [-0.39, 0.29) is 12.2 Å². The molecule has 0 bridgehead atoms. The molecule has 0 atom stereocenters. The Kier molecular flexibility index (Phi) is 4.13. The van der Waals surface area contributed by atoms with Crippen LogP contribution in [0.15, 0.2) is 17.8 Å². The minimum Gasteiger partial charge on any atom is -0.411 e. The van der Waals surface area contributed by atoms with Crippen molar-refractivity contribution in [1.82, 2.24) is 0 Å². The highest BCUT2D eigenvalue weighted by Crippen LogP contribution is 2.20. The highest BCUT2D eigenvalue weighted by molar-refractivity contribution is 7.92. The molecular formula is C8H15NO3S. The van der Waals surface area contributed by atoms with Crippen LogP contribution in [0, 0.1) is 0 Å². The molecule has 0 spiro atoms. The van der Waals surface area contributed by atoms with Crippen molar-refractivity contribution >= 4 is 16.1 Å². The van der Waals surface area contributed by atoms with Crippen LogP contribution in [-0.4, -0.2) is 30.3 Å². The zero-order chi connectivity index (χ0) is 10.5. The van der Waals surface area contributed by atoms with Crippen molar-refractivity contribution in [2.75, 3.05) is 5.75 Å². The topological polar surface area (TPSA) is 66.7 Å². The first-order valence-electron chi connectivity index (χ1n) is 3.86. The van der Waals surface area contributed by atoms with Crippen LogP contribution in [0.5, 0.6) is 0 Å². The lowest BCUT2D eigenvalue weighted by molar-refractivity contribution is 0.320. The third kappa shape index (κ3) is 3.18. The molecule has 5 heteroatoms. The molecule has 0 heterocycles. The fraction of sp³-hybridized carbons (Fsp3) is 0.625. The van der Waals surface area contributed by atoms with Crippen LogP contribution >= 0.6 is 0 Å². The molecule has 0 radical (unpaired) electrons. The maximum atomic E-state index is 11.5. The summed E-state index contributed by atoms with van der Waals surface area (Å²) < 4.78 is 22.2. The molecule has 0 aliphatic heterocycles. The summed E-state index contributed by atoms with van der Waals surface area (Å²) in [6, 6.07) is 0. The summed E-state index contributed by atoms with van der Waals surface area (Å²) >= 11 is 0. The van der Waals surface area contributed by atoms with E-state index in [1.54, 1.807) is 13.8 Å². The minimum absolute atomic E-state index is 0.0563. The molecule has 0 saturated carbocycles. The number of sulfone groups is 1. The number of oxime groups is 1. The SMILES string of the molecule is C=CCS(=O)(=O)C(C)(C)CC=NO. The quantitative estimate of drug-likeness (QED) is 0.317. The second-order valence-electron chi connectivity index (χ2n) is 3.33. The molecule has 0 amide bonds. The Morgan fingerprint density at radius 3 is 2.46 bits per heavy atom. The van der Waals surface area contributed by atoms with Gasteiger partial charge in [0.2, 0.25) is 0 Å². The van der Waals surface area contributed by atoms with E-state index in [4.69, 9.17) is 5.21 Å². The molecule has 0 saturated heterocycles. The number of hydrogen-bond donors (Lipinski definition) is 1. The first-order chi connectivity index (χ1) is 5.87. The molecule has 0 aliphatic rings. The summed E-state index contributed by atoms with van der Waals surface area (Å²) in [5, 5.41) is 11.0. The van der Waals surface area contributed by atoms with E-state index in [2.05, 4.69) is 11.7 Å². The van der Waals surface area contributed by atoms with Crippen molar-refractivity contribution in [3.8, 4) is 0 Å². The van der Waals surface area contributed by atoms with Crippen LogP contribution in [0.4, 0.5) is 0 Å². The fourth-order valence-electron chi connectivity index (χ4n) is 0.768. The molecule has 1 N–H and O–H groups in total. The highest BCUT2D eigenvalue weighted by atomic mass is 32.2. The lowest BCUT2D eigenvalue weighted by atomic mass is 10.1. The third-order valence-electron chi connectivity index (χ3n) is 1.84. The monoisotopic (exact) mass is 205 g/mol. The molecule has 0 aromatic rings. The maximum Gasteiger partial charge on any atom is 0.159 e. The number of nitrogens with zero attached hydrogens (tertiary/aromatic N) is 1. The molecule has 0 aliphatic carbocycles. The van der Waals surface area contributed by atoms with E-state index < -0.39 is 14.6 Å². The van der Waals surface area contributed by atoms with E-state index in [1.165, 1.54) is 12.3 Å². The van der Waals surface area contributed by atoms with Gasteiger partial charge < -0.3 is 5.21 Å². The van der Waals surface area contributed by atoms with E-state index >= 15 is 0 Å². The van der Waals surface area contributed by atoms with Gasteiger partial charge in [0.05, 0.1) is 10.5 Å². The first kappa shape index (κ1) is 12.2. The normalized spacial score (nSPS) is 13.4. The summed E-state index contributed by atoms with van der Waals surface area (Å²) in [7, 11) is -3.20. The van der Waals surface area contributed by atoms with Gasteiger partial charge in [-0.25, -0.2) is 8.42 Å². The Bertz CT molecular complexity index is 291. The Morgan fingerprint density at radius 1 is 1.54 bits per heavy atom. The zero-order valence-electron chi connectivity index (χ0n) is 7.90. The Labute approximate surface area is 78.9 Å². The summed E-state index contributed by atoms with van der Waals surface area (Å²) in [5.41, 5.74) is 0. The Hall–Kier alpha value is -0.840. The van der Waals surface area contributed by atoms with Gasteiger partial charge in [-0.3, -0.25) is 0 Å². The molecule has 13 heavy (non-hydrogen) atoms. The smallest absolute Gasteiger partial charge is 0.159 e. The second kappa shape index (κ2) is 4.41. The predicted molar refractivity (Wildman–Crippen MR) is 53.0 cm³/mol. The van der Waals surface area contributed by atoms with Gasteiger partial charge in [-0.05, 0) is 13.8 Å². The Balaban J connectivity index is 4.70. The van der Waals surface area contributed by atoms with Crippen molar-refractivity contribution in [3.05, 3.63) is 12.7 Å². The molecular weight excluding hydrogens is 190 g/mol. The summed E-state index contributed by atoms with van der Waals surface area (Å²) in [4.78, 5) is 0. The van der Waals surface area contributed by atoms with E-state index in [9.17, 15) is 8.42 Å². The molecule has 0 rings (SSSR count). The summed E-state index contributed by atoms with van der Waals surface area (Å²) in [5.74, 6) is -0.0563. The highest BCUT2D eigenvalue weighted by Gasteiger charge is 2.31. The van der Waals surface area contributed by atoms with Crippen LogP contribution in [0.3, 0.4) is 0 Å². The van der Waals surface area contributed by atoms with Gasteiger partial charge >= 0.3 is 0 Å². The lowest BCUT2D eigenvalue weighted by Crippen LogP contribution is -2.33. The predicted octanol–water partition coefficient (Wildman–Crippen LogP) is 1.22. The van der Waals surface area contributed by atoms with Crippen molar-refractivity contribution in [2.45, 2.75) is 25.0 Å². The van der Waals surface area contributed by atoms with Crippen LogP contribution in [0.1, 0.15) is 20.3 Å². The lowest BCUT2D eigenvalue weighted by Gasteiger charge is -2.21. The zero-order valence-corrected chi connectivity index (χ0v) is 8.71. The average Bonchev–Trinajstić information content (AvgIpc) is 2.00. The molecule has 0 fully saturated rings. The molecule has 0 unspecified atom stereocenters. The first-order valence-corrected chi connectivity index (χ1v) is 5.51. The van der Waals surface area contributed by atoms with Gasteiger partial charge in [0, 0.05) is 12.6 Å². The Morgan fingerprint density at radius 2 is 2.08 bits per heavy atom. The molecule has 4 nitrogen and oxygen atoms in total. The van der Waals surface area contributed by atoms with Crippen molar-refractivity contribution < 1.29 is 13.6 Å². The minimum atomic E-state index is -3.20. The van der Waals surface area contributed by atoms with Crippen LogP contribution in [0.2, 0.25) is 0 Å². The van der Waals surface area contributed by atoms with Crippen molar-refractivity contribution in [1.29, 1.82) is 0 Å². The van der Waals surface area contributed by atoms with Crippen LogP contribution in [-0.2, 0) is 9.84 Å². The van der Waals surface area contributed by atoms with E-state index in [0.717, 1.165) is 0 Å². The van der Waals surface area contributed by atoms with E-state index in [1.807, 2.05) is 0 Å². The van der Waals surface area contributed by atoms with Crippen molar-refractivity contribution in [2.24, 2.45) is 5.16 Å². The summed E-state index contributed by atoms with van der Waals surface area (Å²) in [6.45, 7) is 6.56. The molecule has 0 aromatic carbocycles. The van der Waals surface area contributed by atoms with Crippen molar-refractivity contribution in [3.63, 3.8) is 0 Å². The second-order valence-corrected chi connectivity index (χ2v) is 6.00. The summed E-state index contributed by atoms with van der Waals surface area (Å²) in [6.07, 6.45) is 2.73. The number of hydrogen-bond acceptors (Lipinski definition) is 4. The van der Waals surface area contributed by atoms with Crippen LogP contribution in [0.25, 0.3) is 0 Å². The van der Waals surface area contributed by atoms with Gasteiger partial charge in [0.25, 0.3) is 0 Å². The molecule has 76 valence electrons. The van der Waals surface area contributed by atoms with Gasteiger partial charge in [-0.2, -0.15) is 0 Å². The number of rotatable bonds is 5. The van der Waals surface area contributed by atoms with Gasteiger partial charge in [-0.15, -0.1) is 11.7 Å². The van der Waals surface area contributed by atoms with Gasteiger partial charge in [0.15, 0.2) is 9.84 Å². The third-order valence-corrected chi connectivity index (χ3v) is 4.37. The van der Waals surface area contributed by atoms with Crippen LogP contribution < -0.4 is 0 Å². The largest absolute Gasteiger partial charge is 0.411 e. The molecule has 0 aromatic heterocycles. The van der Waals surface area contributed by atoms with Gasteiger partial charge in [-0.1, -0.05) is 6.08 Å². The standard InChI is InChI=1S/C8H15NO3S/c1-4-7-13(11,12)8(2,3)5-6-9-10/h4,6,10H,1,5,7H2,2-3H3. The average molecular weight is 205 g/mol. The maximum absolute atomic E-state index is 11.5. The fourth-order valence-corrected chi connectivity index (χ4v) is 1.86. The van der Waals surface area contributed by atoms with E-state index in [0.29, 0.717) is 0 Å². The van der Waals surface area contributed by atoms with Gasteiger partial charge in [0.1, 0.15) is 0 Å².